The summed E-state index contributed by atoms with van der Waals surface area (Å²) in [5, 5.41) is 12.6. The van der Waals surface area contributed by atoms with Crippen LogP contribution >= 0.6 is 0 Å². The second-order valence-electron chi connectivity index (χ2n) is 8.78. The molecule has 0 atom stereocenters. The van der Waals surface area contributed by atoms with E-state index >= 15 is 0 Å². The Morgan fingerprint density at radius 3 is 2.45 bits per heavy atom. The summed E-state index contributed by atoms with van der Waals surface area (Å²) >= 11 is 0. The van der Waals surface area contributed by atoms with Gasteiger partial charge in [-0.05, 0) is 44.7 Å². The van der Waals surface area contributed by atoms with Gasteiger partial charge in [0.05, 0.1) is 11.4 Å². The summed E-state index contributed by atoms with van der Waals surface area (Å²) in [5.74, 6) is -0.00977. The van der Waals surface area contributed by atoms with E-state index in [-0.39, 0.29) is 6.54 Å². The zero-order valence-electron chi connectivity index (χ0n) is 18.7. The molecule has 168 valence electrons. The first-order valence-corrected chi connectivity index (χ1v) is 11.7. The largest absolute Gasteiger partial charge is 0.381 e. The second-order valence-corrected chi connectivity index (χ2v) is 8.78. The van der Waals surface area contributed by atoms with Crippen LogP contribution in [0.15, 0.2) is 29.3 Å². The Morgan fingerprint density at radius 1 is 1.16 bits per heavy atom. The summed E-state index contributed by atoms with van der Waals surface area (Å²) in [6.45, 7) is 3.96. The lowest BCUT2D eigenvalue weighted by molar-refractivity contribution is -0.116. The van der Waals surface area contributed by atoms with Crippen LogP contribution < -0.4 is 16.0 Å². The summed E-state index contributed by atoms with van der Waals surface area (Å²) in [6.07, 6.45) is 13.6. The number of carbonyl (C=O) groups excluding carboxylic acids is 1. The van der Waals surface area contributed by atoms with E-state index in [1.165, 1.54) is 44.9 Å². The Labute approximate surface area is 186 Å². The summed E-state index contributed by atoms with van der Waals surface area (Å²) in [6, 6.07) is 8.99. The van der Waals surface area contributed by atoms with Crippen molar-refractivity contribution in [2.75, 3.05) is 29.9 Å². The molecule has 3 rings (SSSR count). The highest BCUT2D eigenvalue weighted by Gasteiger charge is 2.26. The molecule has 1 heterocycles. The molecule has 7 nitrogen and oxygen atoms in total. The van der Waals surface area contributed by atoms with E-state index in [4.69, 9.17) is 11.0 Å². The Morgan fingerprint density at radius 2 is 1.81 bits per heavy atom. The van der Waals surface area contributed by atoms with Crippen LogP contribution in [0.1, 0.15) is 64.7 Å². The van der Waals surface area contributed by atoms with Gasteiger partial charge in [0.1, 0.15) is 12.4 Å². The molecule has 0 unspecified atom stereocenters. The first kappa shape index (κ1) is 23.1. The summed E-state index contributed by atoms with van der Waals surface area (Å²) in [5.41, 5.74) is 7.23. The van der Waals surface area contributed by atoms with Gasteiger partial charge in [0.2, 0.25) is 12.1 Å². The molecule has 1 aromatic rings. The lowest BCUT2D eigenvalue weighted by Gasteiger charge is -2.39. The number of hydrogen-bond donors (Lipinski definition) is 2. The number of anilines is 2. The molecule has 1 aliphatic heterocycles. The molecule has 1 aliphatic carbocycles. The minimum Gasteiger partial charge on any atom is -0.381 e. The number of amidine groups is 1. The van der Waals surface area contributed by atoms with Gasteiger partial charge in [0.15, 0.2) is 0 Å². The van der Waals surface area contributed by atoms with E-state index in [9.17, 15) is 4.79 Å². The van der Waals surface area contributed by atoms with Crippen molar-refractivity contribution in [2.24, 2.45) is 10.7 Å². The Hall–Kier alpha value is -2.59. The molecule has 0 bridgehead atoms. The van der Waals surface area contributed by atoms with E-state index in [0.717, 1.165) is 43.3 Å². The van der Waals surface area contributed by atoms with Gasteiger partial charge in [0, 0.05) is 25.2 Å². The van der Waals surface area contributed by atoms with Crippen molar-refractivity contribution in [3.8, 4) is 6.19 Å². The van der Waals surface area contributed by atoms with E-state index in [1.807, 2.05) is 24.3 Å². The van der Waals surface area contributed by atoms with Gasteiger partial charge in [0.25, 0.3) is 0 Å². The number of nitrogens with zero attached hydrogens (tertiary/aromatic N) is 4. The standard InChI is InChI=1S/C24H36N6O/c1-19(27-18-25)30(17-24(26)31)23-12-8-7-11-22(23)28-20-13-15-29(16-14-20)21-9-5-3-2-4-6-10-21/h7-8,11-12,20-21,28H,2-6,9-10,13-17H2,1H3,(H2,26,31). The minimum absolute atomic E-state index is 0.0180. The molecule has 1 saturated heterocycles. The number of hydrogen-bond acceptors (Lipinski definition) is 5. The number of rotatable bonds is 6. The highest BCUT2D eigenvalue weighted by molar-refractivity contribution is 6.03. The highest BCUT2D eigenvalue weighted by atomic mass is 16.1. The molecule has 2 aliphatic rings. The molecule has 1 aromatic carbocycles. The number of piperidine rings is 1. The number of nitriles is 1. The van der Waals surface area contributed by atoms with Gasteiger partial charge in [-0.25, -0.2) is 0 Å². The maximum atomic E-state index is 11.6. The highest BCUT2D eigenvalue weighted by Crippen LogP contribution is 2.30. The van der Waals surface area contributed by atoms with Crippen molar-refractivity contribution in [1.29, 1.82) is 5.26 Å². The number of nitrogens with one attached hydrogen (secondary N) is 1. The third kappa shape index (κ3) is 6.70. The van der Waals surface area contributed by atoms with Crippen molar-refractivity contribution < 1.29 is 4.79 Å². The summed E-state index contributed by atoms with van der Waals surface area (Å²) < 4.78 is 0. The number of amides is 1. The third-order valence-corrected chi connectivity index (χ3v) is 6.59. The fraction of sp³-hybridized carbons (Fsp3) is 0.625. The lowest BCUT2D eigenvalue weighted by atomic mass is 9.93. The van der Waals surface area contributed by atoms with Crippen LogP contribution in [-0.2, 0) is 4.79 Å². The Bertz CT molecular complexity index is 786. The van der Waals surface area contributed by atoms with Gasteiger partial charge in [-0.15, -0.1) is 0 Å². The van der Waals surface area contributed by atoms with Crippen LogP contribution in [0.2, 0.25) is 0 Å². The van der Waals surface area contributed by atoms with Crippen LogP contribution in [0.25, 0.3) is 0 Å². The van der Waals surface area contributed by atoms with E-state index < -0.39 is 5.91 Å². The van der Waals surface area contributed by atoms with E-state index in [1.54, 1.807) is 18.0 Å². The predicted octanol–water partition coefficient (Wildman–Crippen LogP) is 3.87. The number of primary amides is 1. The molecular weight excluding hydrogens is 388 g/mol. The molecule has 1 amide bonds. The molecule has 1 saturated carbocycles. The predicted molar refractivity (Wildman–Crippen MR) is 126 cm³/mol. The molecule has 31 heavy (non-hydrogen) atoms. The zero-order valence-corrected chi connectivity index (χ0v) is 18.7. The Kier molecular flexibility index (Phi) is 8.72. The van der Waals surface area contributed by atoms with Crippen LogP contribution in [0.3, 0.4) is 0 Å². The SMILES string of the molecule is CC(=NC#N)N(CC(N)=O)c1ccccc1NC1CCN(C2CCCCCCC2)CC1. The van der Waals surface area contributed by atoms with E-state index in [2.05, 4.69) is 15.2 Å². The van der Waals surface area contributed by atoms with Crippen LogP contribution in [0.5, 0.6) is 0 Å². The number of para-hydroxylation sites is 2. The first-order chi connectivity index (χ1) is 15.1. The van der Waals surface area contributed by atoms with Gasteiger partial charge >= 0.3 is 0 Å². The number of nitrogens with two attached hydrogens (primary N) is 1. The normalized spacial score (nSPS) is 19.8. The molecule has 0 spiro atoms. The van der Waals surface area contributed by atoms with Crippen molar-refractivity contribution in [1.82, 2.24) is 4.90 Å². The monoisotopic (exact) mass is 424 g/mol. The smallest absolute Gasteiger partial charge is 0.237 e. The summed E-state index contributed by atoms with van der Waals surface area (Å²) in [7, 11) is 0. The molecule has 7 heteroatoms. The van der Waals surface area contributed by atoms with Crippen molar-refractivity contribution in [2.45, 2.75) is 76.8 Å². The fourth-order valence-electron chi connectivity index (χ4n) is 4.92. The molecule has 0 aromatic heterocycles. The minimum atomic E-state index is -0.463. The second kappa shape index (κ2) is 11.7. The topological polar surface area (TPSA) is 97.7 Å². The number of likely N-dealkylation sites (tertiary alicyclic amines) is 1. The van der Waals surface area contributed by atoms with E-state index in [0.29, 0.717) is 11.9 Å². The van der Waals surface area contributed by atoms with Gasteiger partial charge in [-0.3, -0.25) is 4.79 Å². The number of carbonyl (C=O) groups is 1. The average Bonchev–Trinajstić information content (AvgIpc) is 2.73. The maximum Gasteiger partial charge on any atom is 0.237 e. The third-order valence-electron chi connectivity index (χ3n) is 6.59. The Balaban J connectivity index is 1.65. The number of benzene rings is 1. The zero-order chi connectivity index (χ0) is 22.1. The quantitative estimate of drug-likeness (QED) is 0.410. The molecule has 2 fully saturated rings. The van der Waals surface area contributed by atoms with Crippen molar-refractivity contribution >= 4 is 23.1 Å². The fourth-order valence-corrected chi connectivity index (χ4v) is 4.92. The van der Waals surface area contributed by atoms with Gasteiger partial charge < -0.3 is 20.9 Å². The van der Waals surface area contributed by atoms with Gasteiger partial charge in [-0.1, -0.05) is 44.2 Å². The van der Waals surface area contributed by atoms with Crippen molar-refractivity contribution in [3.05, 3.63) is 24.3 Å². The maximum absolute atomic E-state index is 11.6. The van der Waals surface area contributed by atoms with Crippen LogP contribution in [0.4, 0.5) is 11.4 Å². The van der Waals surface area contributed by atoms with Gasteiger partial charge in [-0.2, -0.15) is 10.3 Å². The van der Waals surface area contributed by atoms with Crippen molar-refractivity contribution in [3.63, 3.8) is 0 Å². The molecule has 3 N–H and O–H groups in total. The molecular formula is C24H36N6O. The molecule has 0 radical (unpaired) electrons. The number of aliphatic imine (C=N–C) groups is 1. The van der Waals surface area contributed by atoms with Crippen LogP contribution in [0, 0.1) is 11.5 Å². The summed E-state index contributed by atoms with van der Waals surface area (Å²) in [4.78, 5) is 19.9. The average molecular weight is 425 g/mol. The lowest BCUT2D eigenvalue weighted by Crippen LogP contribution is -2.45. The van der Waals surface area contributed by atoms with Crippen LogP contribution in [-0.4, -0.2) is 48.4 Å². The first-order valence-electron chi connectivity index (χ1n) is 11.7.